The van der Waals surface area contributed by atoms with E-state index in [-0.39, 0.29) is 7.92 Å². The number of allylic oxidation sites excluding steroid dienone is 2. The van der Waals surface area contributed by atoms with E-state index in [4.69, 9.17) is 0 Å². The van der Waals surface area contributed by atoms with Crippen molar-refractivity contribution in [2.45, 2.75) is 51.6 Å². The predicted molar refractivity (Wildman–Crippen MR) is 82.2 cm³/mol. The van der Waals surface area contributed by atoms with Crippen LogP contribution in [0.15, 0.2) is 25.3 Å². The largest absolute Gasteiger partial charge is 0.103 e. The van der Waals surface area contributed by atoms with Gasteiger partial charge in [0.25, 0.3) is 0 Å². The van der Waals surface area contributed by atoms with E-state index in [2.05, 4.69) is 46.1 Å². The van der Waals surface area contributed by atoms with Gasteiger partial charge in [-0.2, -0.15) is 0 Å². The summed E-state index contributed by atoms with van der Waals surface area (Å²) in [5.74, 6) is 1.67. The van der Waals surface area contributed by atoms with Crippen LogP contribution in [0.4, 0.5) is 0 Å². The molecule has 0 heterocycles. The monoisotopic (exact) mass is 252 g/mol. The van der Waals surface area contributed by atoms with E-state index in [1.807, 2.05) is 0 Å². The molecule has 1 heteroatoms. The molecular formula is C16H29P. The summed E-state index contributed by atoms with van der Waals surface area (Å²) in [5, 5.41) is 0.579. The molecule has 98 valence electrons. The lowest BCUT2D eigenvalue weighted by atomic mass is 9.73. The molecule has 0 radical (unpaired) electrons. The summed E-state index contributed by atoms with van der Waals surface area (Å²) in [6, 6.07) is 0. The number of hydrogen-bond donors (Lipinski definition) is 0. The van der Waals surface area contributed by atoms with Crippen molar-refractivity contribution in [2.24, 2.45) is 11.8 Å². The molecular weight excluding hydrogens is 223 g/mol. The number of rotatable bonds is 6. The molecule has 0 aromatic heterocycles. The zero-order chi connectivity index (χ0) is 12.9. The first-order valence-corrected chi connectivity index (χ1v) is 8.77. The average molecular weight is 252 g/mol. The van der Waals surface area contributed by atoms with Gasteiger partial charge in [0.1, 0.15) is 0 Å². The summed E-state index contributed by atoms with van der Waals surface area (Å²) in [6.07, 6.45) is 12.4. The van der Waals surface area contributed by atoms with Gasteiger partial charge in [-0.1, -0.05) is 53.7 Å². The van der Waals surface area contributed by atoms with Crippen LogP contribution in [0.5, 0.6) is 0 Å². The maximum Gasteiger partial charge on any atom is -0.00403 e. The van der Waals surface area contributed by atoms with Crippen LogP contribution in [0.3, 0.4) is 0 Å². The second kappa shape index (κ2) is 6.74. The van der Waals surface area contributed by atoms with E-state index in [0.29, 0.717) is 5.16 Å². The van der Waals surface area contributed by atoms with Crippen molar-refractivity contribution >= 4 is 7.92 Å². The van der Waals surface area contributed by atoms with Gasteiger partial charge in [0.2, 0.25) is 0 Å². The molecule has 1 aliphatic carbocycles. The van der Waals surface area contributed by atoms with Gasteiger partial charge < -0.3 is 0 Å². The van der Waals surface area contributed by atoms with E-state index < -0.39 is 0 Å². The van der Waals surface area contributed by atoms with E-state index in [0.717, 1.165) is 11.8 Å². The smallest absolute Gasteiger partial charge is 0.00403 e. The van der Waals surface area contributed by atoms with Crippen molar-refractivity contribution < 1.29 is 0 Å². The molecule has 0 nitrogen and oxygen atoms in total. The molecule has 1 rings (SSSR count). The zero-order valence-electron chi connectivity index (χ0n) is 11.9. The molecule has 2 atom stereocenters. The molecule has 2 unspecified atom stereocenters. The molecule has 0 N–H and O–H groups in total. The first-order valence-electron chi connectivity index (χ1n) is 7.06. The topological polar surface area (TPSA) is 0 Å². The Hall–Kier alpha value is -0.0900. The van der Waals surface area contributed by atoms with Crippen LogP contribution in [0.2, 0.25) is 0 Å². The summed E-state index contributed by atoms with van der Waals surface area (Å²) in [5.41, 5.74) is 0. The highest BCUT2D eigenvalue weighted by atomic mass is 31.1. The van der Waals surface area contributed by atoms with Crippen LogP contribution in [0.1, 0.15) is 46.5 Å². The van der Waals surface area contributed by atoms with Crippen LogP contribution in [-0.4, -0.2) is 17.5 Å². The summed E-state index contributed by atoms with van der Waals surface area (Å²) < 4.78 is 0. The fourth-order valence-corrected chi connectivity index (χ4v) is 7.18. The van der Waals surface area contributed by atoms with Gasteiger partial charge in [-0.05, 0) is 42.2 Å². The molecule has 17 heavy (non-hydrogen) atoms. The highest BCUT2D eigenvalue weighted by molar-refractivity contribution is 7.59. The Balaban J connectivity index is 3.00. The van der Waals surface area contributed by atoms with Crippen molar-refractivity contribution in [2.75, 3.05) is 12.3 Å². The van der Waals surface area contributed by atoms with E-state index >= 15 is 0 Å². The van der Waals surface area contributed by atoms with Crippen LogP contribution in [-0.2, 0) is 0 Å². The Labute approximate surface area is 109 Å². The highest BCUT2D eigenvalue weighted by Crippen LogP contribution is 2.62. The zero-order valence-corrected chi connectivity index (χ0v) is 12.8. The molecule has 0 aromatic carbocycles. The maximum atomic E-state index is 3.97. The van der Waals surface area contributed by atoms with Gasteiger partial charge in [-0.15, -0.1) is 13.2 Å². The van der Waals surface area contributed by atoms with Crippen molar-refractivity contribution in [3.05, 3.63) is 25.3 Å². The molecule has 0 aliphatic heterocycles. The summed E-state index contributed by atoms with van der Waals surface area (Å²) in [7, 11) is 0.0218. The minimum absolute atomic E-state index is 0.0218. The van der Waals surface area contributed by atoms with Gasteiger partial charge in [0.05, 0.1) is 0 Å². The Morgan fingerprint density at radius 1 is 1.24 bits per heavy atom. The predicted octanol–water partition coefficient (Wildman–Crippen LogP) is 5.45. The number of hydrogen-bond acceptors (Lipinski definition) is 0. The summed E-state index contributed by atoms with van der Waals surface area (Å²) in [6.45, 7) is 15.3. The standard InChI is InChI=1S/C16H29P/c1-6-12-17(13-7-2)16(14(3)4)11-9-8-10-15(16)5/h6-7,14-15H,1-2,8-13H2,3-5H3. The normalized spacial score (nSPS) is 29.6. The summed E-state index contributed by atoms with van der Waals surface area (Å²) >= 11 is 0. The fraction of sp³-hybridized carbons (Fsp3) is 0.750. The third kappa shape index (κ3) is 3.02. The fourth-order valence-electron chi connectivity index (χ4n) is 3.77. The summed E-state index contributed by atoms with van der Waals surface area (Å²) in [4.78, 5) is 0. The molecule has 0 spiro atoms. The maximum absolute atomic E-state index is 3.97. The van der Waals surface area contributed by atoms with Crippen molar-refractivity contribution in [3.8, 4) is 0 Å². The van der Waals surface area contributed by atoms with Crippen LogP contribution < -0.4 is 0 Å². The van der Waals surface area contributed by atoms with Gasteiger partial charge in [-0.25, -0.2) is 0 Å². The van der Waals surface area contributed by atoms with E-state index in [1.165, 1.54) is 38.0 Å². The molecule has 1 saturated carbocycles. The third-order valence-electron chi connectivity index (χ3n) is 4.61. The lowest BCUT2D eigenvalue weighted by Crippen LogP contribution is -2.43. The Kier molecular flexibility index (Phi) is 5.93. The Morgan fingerprint density at radius 3 is 2.24 bits per heavy atom. The van der Waals surface area contributed by atoms with Crippen molar-refractivity contribution in [1.29, 1.82) is 0 Å². The van der Waals surface area contributed by atoms with Gasteiger partial charge >= 0.3 is 0 Å². The van der Waals surface area contributed by atoms with Gasteiger partial charge in [0, 0.05) is 0 Å². The van der Waals surface area contributed by atoms with Crippen LogP contribution in [0.25, 0.3) is 0 Å². The first kappa shape index (κ1) is 15.0. The third-order valence-corrected chi connectivity index (χ3v) is 8.36. The SMILES string of the molecule is C=CCP(CC=C)C1(C(C)C)CCCCC1C. The lowest BCUT2D eigenvalue weighted by molar-refractivity contribution is 0.227. The Bertz CT molecular complexity index is 246. The minimum atomic E-state index is 0.0218. The highest BCUT2D eigenvalue weighted by Gasteiger charge is 2.45. The second-order valence-electron chi connectivity index (χ2n) is 5.78. The van der Waals surface area contributed by atoms with Crippen molar-refractivity contribution in [3.63, 3.8) is 0 Å². The minimum Gasteiger partial charge on any atom is -0.103 e. The molecule has 0 bridgehead atoms. The molecule has 1 aliphatic rings. The molecule has 1 fully saturated rings. The van der Waals surface area contributed by atoms with E-state index in [9.17, 15) is 0 Å². The quantitative estimate of drug-likeness (QED) is 0.436. The molecule has 0 saturated heterocycles. The first-order chi connectivity index (χ1) is 8.09. The second-order valence-corrected chi connectivity index (χ2v) is 8.42. The molecule has 0 aromatic rings. The van der Waals surface area contributed by atoms with E-state index in [1.54, 1.807) is 0 Å². The Morgan fingerprint density at radius 2 is 1.82 bits per heavy atom. The van der Waals surface area contributed by atoms with Crippen LogP contribution >= 0.6 is 7.92 Å². The average Bonchev–Trinajstić information content (AvgIpc) is 2.29. The van der Waals surface area contributed by atoms with Crippen molar-refractivity contribution in [1.82, 2.24) is 0 Å². The molecule has 0 amide bonds. The van der Waals surface area contributed by atoms with Gasteiger partial charge in [-0.3, -0.25) is 0 Å². The van der Waals surface area contributed by atoms with Gasteiger partial charge in [0.15, 0.2) is 0 Å². The lowest BCUT2D eigenvalue weighted by Gasteiger charge is -2.51. The van der Waals surface area contributed by atoms with Crippen LogP contribution in [0, 0.1) is 11.8 Å².